The molecule has 1 heterocycles. The Morgan fingerprint density at radius 3 is 3.12 bits per heavy atom. The molecular formula is C14H16O3. The zero-order valence-electron chi connectivity index (χ0n) is 9.63. The van der Waals surface area contributed by atoms with Gasteiger partial charge in [-0.25, -0.2) is 0 Å². The summed E-state index contributed by atoms with van der Waals surface area (Å²) in [6.45, 7) is 0.349. The van der Waals surface area contributed by atoms with Crippen LogP contribution in [0.3, 0.4) is 0 Å². The molecule has 3 heteroatoms. The minimum Gasteiger partial charge on any atom is -0.490 e. The minimum absolute atomic E-state index is 0.174. The van der Waals surface area contributed by atoms with Gasteiger partial charge < -0.3 is 14.6 Å². The first-order chi connectivity index (χ1) is 8.33. The zero-order valence-corrected chi connectivity index (χ0v) is 9.63. The Bertz CT molecular complexity index is 439. The third-order valence-electron chi connectivity index (χ3n) is 3.24. The highest BCUT2D eigenvalue weighted by Gasteiger charge is 2.22. The lowest BCUT2D eigenvalue weighted by Gasteiger charge is -2.18. The number of aliphatic hydroxyl groups is 1. The highest BCUT2D eigenvalue weighted by atomic mass is 16.5. The molecule has 3 rings (SSSR count). The van der Waals surface area contributed by atoms with Crippen LogP contribution in [-0.2, 0) is 0 Å². The van der Waals surface area contributed by atoms with Gasteiger partial charge in [0.25, 0.3) is 0 Å². The molecule has 2 atom stereocenters. The van der Waals surface area contributed by atoms with E-state index in [1.165, 1.54) is 6.42 Å². The smallest absolute Gasteiger partial charge is 0.129 e. The van der Waals surface area contributed by atoms with Crippen molar-refractivity contribution in [3.8, 4) is 11.5 Å². The predicted octanol–water partition coefficient (Wildman–Crippen LogP) is 2.60. The average Bonchev–Trinajstić information content (AvgIpc) is 2.72. The van der Waals surface area contributed by atoms with Crippen LogP contribution in [0, 0.1) is 0 Å². The monoisotopic (exact) mass is 232 g/mol. The number of ether oxygens (including phenoxy) is 2. The molecule has 17 heavy (non-hydrogen) atoms. The van der Waals surface area contributed by atoms with Gasteiger partial charge in [-0.3, -0.25) is 0 Å². The van der Waals surface area contributed by atoms with Gasteiger partial charge in [-0.1, -0.05) is 6.08 Å². The van der Waals surface area contributed by atoms with Gasteiger partial charge in [0.15, 0.2) is 0 Å². The highest BCUT2D eigenvalue weighted by Crippen LogP contribution is 2.35. The fourth-order valence-corrected chi connectivity index (χ4v) is 2.30. The van der Waals surface area contributed by atoms with E-state index in [1.807, 2.05) is 18.2 Å². The SMILES string of the molecule is OC1COc2cc(OC3C=CCCC3)ccc21. The van der Waals surface area contributed by atoms with Crippen LogP contribution in [0.15, 0.2) is 30.4 Å². The van der Waals surface area contributed by atoms with E-state index < -0.39 is 6.10 Å². The molecule has 0 saturated carbocycles. The second-order valence-corrected chi connectivity index (χ2v) is 4.54. The lowest BCUT2D eigenvalue weighted by atomic mass is 10.1. The summed E-state index contributed by atoms with van der Waals surface area (Å²) < 4.78 is 11.3. The molecule has 1 aromatic carbocycles. The summed E-state index contributed by atoms with van der Waals surface area (Å²) in [6, 6.07) is 5.65. The number of fused-ring (bicyclic) bond motifs is 1. The van der Waals surface area contributed by atoms with Crippen LogP contribution < -0.4 is 9.47 Å². The first-order valence-corrected chi connectivity index (χ1v) is 6.11. The van der Waals surface area contributed by atoms with Crippen LogP contribution in [0.4, 0.5) is 0 Å². The van der Waals surface area contributed by atoms with Crippen molar-refractivity contribution < 1.29 is 14.6 Å². The van der Waals surface area contributed by atoms with Gasteiger partial charge in [-0.2, -0.15) is 0 Å². The van der Waals surface area contributed by atoms with Gasteiger partial charge in [0.1, 0.15) is 30.3 Å². The van der Waals surface area contributed by atoms with Crippen LogP contribution >= 0.6 is 0 Å². The van der Waals surface area contributed by atoms with E-state index in [0.717, 1.165) is 29.9 Å². The maximum Gasteiger partial charge on any atom is 0.129 e. The Labute approximate surface area is 101 Å². The second kappa shape index (κ2) is 4.41. The van der Waals surface area contributed by atoms with Gasteiger partial charge in [0.2, 0.25) is 0 Å². The summed E-state index contributed by atoms with van der Waals surface area (Å²) in [5.74, 6) is 1.56. The lowest BCUT2D eigenvalue weighted by Crippen LogP contribution is -2.15. The van der Waals surface area contributed by atoms with Crippen LogP contribution in [0.25, 0.3) is 0 Å². The van der Waals surface area contributed by atoms with Crippen molar-refractivity contribution in [2.45, 2.75) is 31.5 Å². The van der Waals surface area contributed by atoms with Gasteiger partial charge in [-0.05, 0) is 37.5 Å². The Morgan fingerprint density at radius 1 is 1.35 bits per heavy atom. The Kier molecular flexibility index (Phi) is 2.77. The maximum atomic E-state index is 9.62. The molecule has 90 valence electrons. The Balaban J connectivity index is 1.76. The molecule has 1 aliphatic carbocycles. The molecule has 2 unspecified atom stereocenters. The number of hydrogen-bond acceptors (Lipinski definition) is 3. The molecule has 0 bridgehead atoms. The number of benzene rings is 1. The van der Waals surface area contributed by atoms with E-state index in [4.69, 9.17) is 9.47 Å². The van der Waals surface area contributed by atoms with Crippen molar-refractivity contribution in [3.05, 3.63) is 35.9 Å². The van der Waals surface area contributed by atoms with Crippen LogP contribution in [-0.4, -0.2) is 17.8 Å². The van der Waals surface area contributed by atoms with Gasteiger partial charge in [-0.15, -0.1) is 0 Å². The quantitative estimate of drug-likeness (QED) is 0.796. The second-order valence-electron chi connectivity index (χ2n) is 4.54. The van der Waals surface area contributed by atoms with E-state index in [0.29, 0.717) is 6.61 Å². The molecule has 0 amide bonds. The van der Waals surface area contributed by atoms with E-state index >= 15 is 0 Å². The van der Waals surface area contributed by atoms with Crippen molar-refractivity contribution in [2.24, 2.45) is 0 Å². The van der Waals surface area contributed by atoms with Gasteiger partial charge in [0.05, 0.1) is 0 Å². The number of hydrogen-bond donors (Lipinski definition) is 1. The van der Waals surface area contributed by atoms with Crippen molar-refractivity contribution in [1.29, 1.82) is 0 Å². The van der Waals surface area contributed by atoms with Crippen molar-refractivity contribution >= 4 is 0 Å². The van der Waals surface area contributed by atoms with Crippen molar-refractivity contribution in [1.82, 2.24) is 0 Å². The van der Waals surface area contributed by atoms with E-state index in [1.54, 1.807) is 0 Å². The topological polar surface area (TPSA) is 38.7 Å². The normalized spacial score (nSPS) is 26.4. The zero-order chi connectivity index (χ0) is 11.7. The molecule has 1 aromatic rings. The summed E-state index contributed by atoms with van der Waals surface area (Å²) in [4.78, 5) is 0. The van der Waals surface area contributed by atoms with Crippen LogP contribution in [0.5, 0.6) is 11.5 Å². The molecule has 0 spiro atoms. The molecule has 0 fully saturated rings. The fraction of sp³-hybridized carbons (Fsp3) is 0.429. The first-order valence-electron chi connectivity index (χ1n) is 6.11. The molecule has 3 nitrogen and oxygen atoms in total. The summed E-state index contributed by atoms with van der Waals surface area (Å²) in [5, 5.41) is 9.62. The Hall–Kier alpha value is -1.48. The van der Waals surface area contributed by atoms with E-state index in [2.05, 4.69) is 12.2 Å². The standard InChI is InChI=1S/C14H16O3/c15-13-9-16-14-8-11(6-7-12(13)14)17-10-4-2-1-3-5-10/h2,4,6-8,10,13,15H,1,3,5,9H2. The highest BCUT2D eigenvalue weighted by molar-refractivity contribution is 5.44. The summed E-state index contributed by atoms with van der Waals surface area (Å²) in [6.07, 6.45) is 7.37. The van der Waals surface area contributed by atoms with E-state index in [9.17, 15) is 5.11 Å². The van der Waals surface area contributed by atoms with Gasteiger partial charge in [0, 0.05) is 11.6 Å². The largest absolute Gasteiger partial charge is 0.490 e. The van der Waals surface area contributed by atoms with Crippen LogP contribution in [0.1, 0.15) is 30.9 Å². The number of allylic oxidation sites excluding steroid dienone is 1. The molecular weight excluding hydrogens is 216 g/mol. The van der Waals surface area contributed by atoms with Crippen molar-refractivity contribution in [2.75, 3.05) is 6.61 Å². The minimum atomic E-state index is -0.492. The fourth-order valence-electron chi connectivity index (χ4n) is 2.30. The van der Waals surface area contributed by atoms with Gasteiger partial charge >= 0.3 is 0 Å². The number of aliphatic hydroxyl groups excluding tert-OH is 1. The lowest BCUT2D eigenvalue weighted by molar-refractivity contribution is 0.140. The third kappa shape index (κ3) is 2.15. The predicted molar refractivity (Wildman–Crippen MR) is 64.3 cm³/mol. The maximum absolute atomic E-state index is 9.62. The molecule has 0 radical (unpaired) electrons. The summed E-state index contributed by atoms with van der Waals surface area (Å²) in [5.41, 5.74) is 0.858. The molecule has 2 aliphatic rings. The summed E-state index contributed by atoms with van der Waals surface area (Å²) in [7, 11) is 0. The Morgan fingerprint density at radius 2 is 2.29 bits per heavy atom. The number of rotatable bonds is 2. The average molecular weight is 232 g/mol. The summed E-state index contributed by atoms with van der Waals surface area (Å²) >= 11 is 0. The first kappa shape index (κ1) is 10.7. The van der Waals surface area contributed by atoms with Crippen molar-refractivity contribution in [3.63, 3.8) is 0 Å². The van der Waals surface area contributed by atoms with E-state index in [-0.39, 0.29) is 6.10 Å². The molecule has 0 saturated heterocycles. The molecule has 1 N–H and O–H groups in total. The third-order valence-corrected chi connectivity index (χ3v) is 3.24. The molecule has 0 aromatic heterocycles. The van der Waals surface area contributed by atoms with Crippen LogP contribution in [0.2, 0.25) is 0 Å². The molecule has 1 aliphatic heterocycles.